The lowest BCUT2D eigenvalue weighted by Crippen LogP contribution is -2.35. The van der Waals surface area contributed by atoms with Crippen molar-refractivity contribution >= 4 is 28.2 Å². The van der Waals surface area contributed by atoms with Gasteiger partial charge in [0.25, 0.3) is 0 Å². The Labute approximate surface area is 198 Å². The van der Waals surface area contributed by atoms with Gasteiger partial charge in [0.2, 0.25) is 5.95 Å². The molecule has 3 aromatic heterocycles. The van der Waals surface area contributed by atoms with Crippen molar-refractivity contribution in [1.29, 1.82) is 0 Å². The molecular weight excluding hydrogens is 432 g/mol. The van der Waals surface area contributed by atoms with Crippen LogP contribution in [0.1, 0.15) is 57.1 Å². The zero-order chi connectivity index (χ0) is 24.2. The lowest BCUT2D eigenvalue weighted by atomic mass is 9.97. The molecule has 3 N–H and O–H groups in total. The number of rotatable bonds is 5. The van der Waals surface area contributed by atoms with Crippen molar-refractivity contribution in [3.8, 4) is 5.75 Å². The van der Waals surface area contributed by atoms with Crippen LogP contribution in [-0.2, 0) is 0 Å². The summed E-state index contributed by atoms with van der Waals surface area (Å²) in [6.07, 6.45) is 3.93. The number of hydrogen-bond acceptors (Lipinski definition) is 8. The van der Waals surface area contributed by atoms with Crippen LogP contribution in [0, 0.1) is 6.92 Å². The van der Waals surface area contributed by atoms with Gasteiger partial charge >= 0.3 is 0 Å². The van der Waals surface area contributed by atoms with Crippen molar-refractivity contribution in [3.63, 3.8) is 0 Å². The smallest absolute Gasteiger partial charge is 0.223 e. The molecule has 34 heavy (non-hydrogen) atoms. The minimum Gasteiger partial charge on any atom is -0.497 e. The van der Waals surface area contributed by atoms with E-state index in [0.717, 1.165) is 59.8 Å². The van der Waals surface area contributed by atoms with Gasteiger partial charge in [-0.15, -0.1) is 5.10 Å². The molecule has 180 valence electrons. The molecule has 0 amide bonds. The van der Waals surface area contributed by atoms with Crippen molar-refractivity contribution in [2.45, 2.75) is 58.1 Å². The standard InChI is InChI=1S/C24H32N8O2/c1-14-20(12-26-31(14)15(2)24(3,4)33)30-10-6-7-16(13-30)21-28-22-18-9-8-17(34-5)11-19(18)27-23(25)32(22)29-21/h8-9,11-12,15-16,33H,6-7,10,13H2,1-5H3,(H2,25,27)/t15-,16+/m0/s1. The van der Waals surface area contributed by atoms with Gasteiger partial charge in [0.1, 0.15) is 5.75 Å². The summed E-state index contributed by atoms with van der Waals surface area (Å²) in [5, 5.41) is 20.7. The van der Waals surface area contributed by atoms with E-state index in [1.807, 2.05) is 49.8 Å². The Balaban J connectivity index is 1.46. The van der Waals surface area contributed by atoms with E-state index >= 15 is 0 Å². The number of nitrogens with zero attached hydrogens (tertiary/aromatic N) is 7. The third kappa shape index (κ3) is 3.71. The zero-order valence-electron chi connectivity index (χ0n) is 20.4. The van der Waals surface area contributed by atoms with E-state index < -0.39 is 5.60 Å². The third-order valence-corrected chi connectivity index (χ3v) is 7.06. The Hall–Kier alpha value is -3.40. The first-order chi connectivity index (χ1) is 16.2. The van der Waals surface area contributed by atoms with Gasteiger partial charge in [-0.1, -0.05) is 0 Å². The molecule has 0 spiro atoms. The summed E-state index contributed by atoms with van der Waals surface area (Å²) in [5.41, 5.74) is 8.94. The minimum absolute atomic E-state index is 0.135. The summed E-state index contributed by atoms with van der Waals surface area (Å²) in [6.45, 7) is 9.40. The lowest BCUT2D eigenvalue weighted by molar-refractivity contribution is 0.0250. The number of nitrogens with two attached hydrogens (primary N) is 1. The van der Waals surface area contributed by atoms with Crippen molar-refractivity contribution in [2.75, 3.05) is 30.8 Å². The highest BCUT2D eigenvalue weighted by molar-refractivity contribution is 5.93. The molecule has 4 aromatic rings. The van der Waals surface area contributed by atoms with Gasteiger partial charge in [-0.3, -0.25) is 4.68 Å². The van der Waals surface area contributed by atoms with Crippen molar-refractivity contribution < 1.29 is 9.84 Å². The number of methoxy groups -OCH3 is 1. The molecule has 0 unspecified atom stereocenters. The first-order valence-electron chi connectivity index (χ1n) is 11.7. The van der Waals surface area contributed by atoms with Crippen LogP contribution in [0.3, 0.4) is 0 Å². The van der Waals surface area contributed by atoms with Crippen LogP contribution in [-0.4, -0.2) is 60.3 Å². The number of fused-ring (bicyclic) bond motifs is 3. The van der Waals surface area contributed by atoms with Crippen molar-refractivity contribution in [1.82, 2.24) is 29.4 Å². The molecule has 1 saturated heterocycles. The number of aromatic nitrogens is 6. The molecule has 0 saturated carbocycles. The Bertz CT molecular complexity index is 1350. The van der Waals surface area contributed by atoms with E-state index in [2.05, 4.69) is 21.9 Å². The Morgan fingerprint density at radius 1 is 1.26 bits per heavy atom. The minimum atomic E-state index is -0.861. The largest absolute Gasteiger partial charge is 0.497 e. The molecule has 1 aromatic carbocycles. The first-order valence-corrected chi connectivity index (χ1v) is 11.7. The maximum absolute atomic E-state index is 10.5. The highest BCUT2D eigenvalue weighted by Gasteiger charge is 2.30. The van der Waals surface area contributed by atoms with E-state index in [4.69, 9.17) is 20.6 Å². The van der Waals surface area contributed by atoms with Crippen LogP contribution in [0.2, 0.25) is 0 Å². The second-order valence-electron chi connectivity index (χ2n) is 9.73. The van der Waals surface area contributed by atoms with Crippen LogP contribution < -0.4 is 15.4 Å². The van der Waals surface area contributed by atoms with E-state index in [9.17, 15) is 5.11 Å². The Morgan fingerprint density at radius 3 is 2.79 bits per heavy atom. The predicted molar refractivity (Wildman–Crippen MR) is 131 cm³/mol. The van der Waals surface area contributed by atoms with Gasteiger partial charge in [-0.2, -0.15) is 9.61 Å². The van der Waals surface area contributed by atoms with Gasteiger partial charge in [-0.25, -0.2) is 9.97 Å². The van der Waals surface area contributed by atoms with E-state index in [1.165, 1.54) is 0 Å². The summed E-state index contributed by atoms with van der Waals surface area (Å²) in [7, 11) is 1.63. The molecule has 0 bridgehead atoms. The average Bonchev–Trinajstić information content (AvgIpc) is 3.42. The Morgan fingerprint density at radius 2 is 2.06 bits per heavy atom. The molecule has 5 rings (SSSR count). The second kappa shape index (κ2) is 8.12. The summed E-state index contributed by atoms with van der Waals surface area (Å²) in [5.74, 6) is 1.97. The molecule has 0 aliphatic carbocycles. The maximum atomic E-state index is 10.5. The molecule has 0 radical (unpaired) electrons. The SMILES string of the molecule is COc1ccc2c(c1)nc(N)n1nc([C@@H]3CCCN(c4cnn([C@@H](C)C(C)(C)O)c4C)C3)nc21. The number of benzene rings is 1. The number of hydrogen-bond donors (Lipinski definition) is 2. The number of nitrogen functional groups attached to an aromatic ring is 1. The summed E-state index contributed by atoms with van der Waals surface area (Å²) in [4.78, 5) is 11.8. The summed E-state index contributed by atoms with van der Waals surface area (Å²) in [6, 6.07) is 5.57. The fourth-order valence-electron chi connectivity index (χ4n) is 4.75. The van der Waals surface area contributed by atoms with Gasteiger partial charge in [-0.05, 0) is 52.7 Å². The van der Waals surface area contributed by atoms with Gasteiger partial charge in [0.05, 0.1) is 41.8 Å². The fourth-order valence-corrected chi connectivity index (χ4v) is 4.75. The van der Waals surface area contributed by atoms with Gasteiger partial charge in [0.15, 0.2) is 11.5 Å². The van der Waals surface area contributed by atoms with Crippen LogP contribution in [0.15, 0.2) is 24.4 Å². The molecule has 4 heterocycles. The summed E-state index contributed by atoms with van der Waals surface area (Å²) >= 11 is 0. The topological polar surface area (TPSA) is 120 Å². The van der Waals surface area contributed by atoms with Gasteiger partial charge < -0.3 is 20.5 Å². The quantitative estimate of drug-likeness (QED) is 0.462. The molecule has 10 heteroatoms. The molecule has 2 atom stereocenters. The molecule has 10 nitrogen and oxygen atoms in total. The highest BCUT2D eigenvalue weighted by atomic mass is 16.5. The number of piperidine rings is 1. The molecular formula is C24H32N8O2. The normalized spacial score (nSPS) is 18.1. The van der Waals surface area contributed by atoms with E-state index in [-0.39, 0.29) is 12.0 Å². The second-order valence-corrected chi connectivity index (χ2v) is 9.73. The van der Waals surface area contributed by atoms with Crippen molar-refractivity contribution in [2.24, 2.45) is 0 Å². The summed E-state index contributed by atoms with van der Waals surface area (Å²) < 4.78 is 8.87. The molecule has 1 fully saturated rings. The van der Waals surface area contributed by atoms with Crippen LogP contribution in [0.4, 0.5) is 11.6 Å². The zero-order valence-corrected chi connectivity index (χ0v) is 20.4. The lowest BCUT2D eigenvalue weighted by Gasteiger charge is -2.33. The molecule has 1 aliphatic rings. The third-order valence-electron chi connectivity index (χ3n) is 7.06. The first kappa shape index (κ1) is 22.4. The van der Waals surface area contributed by atoms with Crippen LogP contribution in [0.5, 0.6) is 5.75 Å². The number of aliphatic hydroxyl groups is 1. The average molecular weight is 465 g/mol. The number of ether oxygens (including phenoxy) is 1. The van der Waals surface area contributed by atoms with E-state index in [1.54, 1.807) is 11.6 Å². The maximum Gasteiger partial charge on any atom is 0.223 e. The Kier molecular flexibility index (Phi) is 5.35. The fraction of sp³-hybridized carbons (Fsp3) is 0.500. The van der Waals surface area contributed by atoms with E-state index in [0.29, 0.717) is 11.6 Å². The molecule has 1 aliphatic heterocycles. The van der Waals surface area contributed by atoms with Crippen LogP contribution in [0.25, 0.3) is 16.6 Å². The van der Waals surface area contributed by atoms with Gasteiger partial charge in [0, 0.05) is 30.5 Å². The number of anilines is 2. The highest BCUT2D eigenvalue weighted by Crippen LogP contribution is 2.33. The van der Waals surface area contributed by atoms with Crippen LogP contribution >= 0.6 is 0 Å². The van der Waals surface area contributed by atoms with Crippen molar-refractivity contribution in [3.05, 3.63) is 35.9 Å². The predicted octanol–water partition coefficient (Wildman–Crippen LogP) is 3.09. The monoisotopic (exact) mass is 464 g/mol.